The van der Waals surface area contributed by atoms with Crippen molar-refractivity contribution < 1.29 is 13.2 Å². The lowest BCUT2D eigenvalue weighted by atomic mass is 9.73. The third kappa shape index (κ3) is 4.43. The molecule has 28 heavy (non-hydrogen) atoms. The van der Waals surface area contributed by atoms with Crippen molar-refractivity contribution in [3.63, 3.8) is 0 Å². The molecule has 156 valence electrons. The van der Waals surface area contributed by atoms with Crippen LogP contribution in [0.4, 0.5) is 0 Å². The van der Waals surface area contributed by atoms with E-state index < -0.39 is 10.0 Å². The molecule has 3 rings (SSSR count). The third-order valence-electron chi connectivity index (χ3n) is 6.11. The van der Waals surface area contributed by atoms with Crippen molar-refractivity contribution in [2.24, 2.45) is 5.92 Å². The van der Waals surface area contributed by atoms with Crippen LogP contribution < -0.4 is 5.32 Å². The Bertz CT molecular complexity index is 809. The van der Waals surface area contributed by atoms with Gasteiger partial charge in [0.1, 0.15) is 0 Å². The topological polar surface area (TPSA) is 66.5 Å². The van der Waals surface area contributed by atoms with E-state index >= 15 is 0 Å². The van der Waals surface area contributed by atoms with Gasteiger partial charge >= 0.3 is 0 Å². The van der Waals surface area contributed by atoms with E-state index in [4.69, 9.17) is 0 Å². The zero-order valence-electron chi connectivity index (χ0n) is 17.6. The Hall–Kier alpha value is -1.40. The summed E-state index contributed by atoms with van der Waals surface area (Å²) in [4.78, 5) is 12.4. The number of hydrogen-bond donors (Lipinski definition) is 1. The molecule has 1 aromatic carbocycles. The average molecular weight is 407 g/mol. The first-order valence-corrected chi connectivity index (χ1v) is 12.1. The number of carbonyl (C=O) groups excluding carboxylic acids is 1. The van der Waals surface area contributed by atoms with Crippen LogP contribution in [0.5, 0.6) is 0 Å². The van der Waals surface area contributed by atoms with E-state index in [1.54, 1.807) is 4.31 Å². The minimum absolute atomic E-state index is 0.00320. The number of hydrogen-bond acceptors (Lipinski definition) is 3. The highest BCUT2D eigenvalue weighted by Gasteiger charge is 2.46. The van der Waals surface area contributed by atoms with Crippen LogP contribution >= 0.6 is 0 Å². The largest absolute Gasteiger partial charge is 0.354 e. The number of fused-ring (bicyclic) bond motifs is 2. The van der Waals surface area contributed by atoms with Gasteiger partial charge in [0.05, 0.1) is 5.75 Å². The van der Waals surface area contributed by atoms with Crippen molar-refractivity contribution in [2.45, 2.75) is 70.8 Å². The van der Waals surface area contributed by atoms with Crippen molar-refractivity contribution in [1.82, 2.24) is 9.62 Å². The van der Waals surface area contributed by atoms with Crippen LogP contribution in [0.25, 0.3) is 0 Å². The molecule has 6 heteroatoms. The van der Waals surface area contributed by atoms with Gasteiger partial charge < -0.3 is 5.32 Å². The van der Waals surface area contributed by atoms with Gasteiger partial charge in [-0.25, -0.2) is 12.7 Å². The summed E-state index contributed by atoms with van der Waals surface area (Å²) in [6.07, 6.45) is 3.12. The molecule has 1 spiro atoms. The molecule has 1 aromatic rings. The Morgan fingerprint density at radius 3 is 2.43 bits per heavy atom. The normalized spacial score (nSPS) is 22.0. The fourth-order valence-electron chi connectivity index (χ4n) is 5.01. The molecule has 1 aliphatic heterocycles. The zero-order valence-corrected chi connectivity index (χ0v) is 18.4. The smallest absolute Gasteiger partial charge is 0.220 e. The first kappa shape index (κ1) is 21.3. The van der Waals surface area contributed by atoms with Gasteiger partial charge in [0.25, 0.3) is 0 Å². The van der Waals surface area contributed by atoms with E-state index in [0.29, 0.717) is 19.5 Å². The van der Waals surface area contributed by atoms with Gasteiger partial charge in [0.2, 0.25) is 15.9 Å². The number of sulfonamides is 1. The van der Waals surface area contributed by atoms with Crippen LogP contribution in [0.2, 0.25) is 0 Å². The van der Waals surface area contributed by atoms with Crippen LogP contribution in [0.15, 0.2) is 24.3 Å². The number of benzene rings is 1. The maximum absolute atomic E-state index is 12.6. The zero-order chi connectivity index (χ0) is 20.5. The van der Waals surface area contributed by atoms with Crippen LogP contribution in [0.1, 0.15) is 70.4 Å². The summed E-state index contributed by atoms with van der Waals surface area (Å²) >= 11 is 0. The summed E-state index contributed by atoms with van der Waals surface area (Å²) < 4.78 is 26.9. The SMILES string of the molecule is CC(C)CS(=O)(=O)N1CCC2(CC1)CC(CC(=O)NC(C)C)c1ccccc12. The summed E-state index contributed by atoms with van der Waals surface area (Å²) in [5, 5.41) is 3.01. The second kappa shape index (κ2) is 8.15. The van der Waals surface area contributed by atoms with Gasteiger partial charge in [-0.3, -0.25) is 4.79 Å². The van der Waals surface area contributed by atoms with Crippen molar-refractivity contribution >= 4 is 15.9 Å². The molecular formula is C22H34N2O3S. The van der Waals surface area contributed by atoms with E-state index in [9.17, 15) is 13.2 Å². The van der Waals surface area contributed by atoms with Crippen LogP contribution in [0, 0.1) is 5.92 Å². The first-order chi connectivity index (χ1) is 13.1. The average Bonchev–Trinajstić information content (AvgIpc) is 2.87. The lowest BCUT2D eigenvalue weighted by Gasteiger charge is -2.40. The second-order valence-corrected chi connectivity index (χ2v) is 11.3. The summed E-state index contributed by atoms with van der Waals surface area (Å²) in [7, 11) is -3.18. The number of piperidine rings is 1. The maximum Gasteiger partial charge on any atom is 0.220 e. The van der Waals surface area contributed by atoms with Gasteiger partial charge in [0, 0.05) is 25.6 Å². The van der Waals surface area contributed by atoms with E-state index in [-0.39, 0.29) is 35.0 Å². The number of nitrogens with zero attached hydrogens (tertiary/aromatic N) is 1. The predicted octanol–water partition coefficient (Wildman–Crippen LogP) is 3.41. The Kier molecular flexibility index (Phi) is 6.20. The Morgan fingerprint density at radius 2 is 1.82 bits per heavy atom. The molecule has 1 atom stereocenters. The summed E-state index contributed by atoms with van der Waals surface area (Å²) in [5.74, 6) is 0.670. The Labute approximate surface area is 169 Å². The number of carbonyl (C=O) groups is 1. The lowest BCUT2D eigenvalue weighted by molar-refractivity contribution is -0.122. The van der Waals surface area contributed by atoms with Crippen molar-refractivity contribution in [1.29, 1.82) is 0 Å². The predicted molar refractivity (Wildman–Crippen MR) is 113 cm³/mol. The Balaban J connectivity index is 1.76. The van der Waals surface area contributed by atoms with Crippen LogP contribution in [0.3, 0.4) is 0 Å². The standard InChI is InChI=1S/C22H34N2O3S/c1-16(2)15-28(26,27)24-11-9-22(10-12-24)14-18(13-21(25)23-17(3)4)19-7-5-6-8-20(19)22/h5-8,16-18H,9-15H2,1-4H3,(H,23,25). The molecule has 1 aliphatic carbocycles. The van der Waals surface area contributed by atoms with E-state index in [2.05, 4.69) is 23.5 Å². The number of nitrogens with one attached hydrogen (secondary N) is 1. The molecule has 0 radical (unpaired) electrons. The van der Waals surface area contributed by atoms with E-state index in [1.807, 2.05) is 33.8 Å². The quantitative estimate of drug-likeness (QED) is 0.787. The highest BCUT2D eigenvalue weighted by atomic mass is 32.2. The second-order valence-electron chi connectivity index (χ2n) is 9.27. The maximum atomic E-state index is 12.6. The summed E-state index contributed by atoms with van der Waals surface area (Å²) in [5.41, 5.74) is 2.61. The lowest BCUT2D eigenvalue weighted by Crippen LogP contribution is -2.45. The molecule has 1 heterocycles. The highest BCUT2D eigenvalue weighted by molar-refractivity contribution is 7.89. The van der Waals surface area contributed by atoms with Gasteiger partial charge in [-0.15, -0.1) is 0 Å². The van der Waals surface area contributed by atoms with Crippen molar-refractivity contribution in [3.05, 3.63) is 35.4 Å². The molecule has 1 amide bonds. The molecule has 5 nitrogen and oxygen atoms in total. The van der Waals surface area contributed by atoms with Gasteiger partial charge in [-0.05, 0) is 61.5 Å². The molecule has 1 N–H and O–H groups in total. The van der Waals surface area contributed by atoms with Gasteiger partial charge in [-0.1, -0.05) is 38.1 Å². The summed E-state index contributed by atoms with van der Waals surface area (Å²) in [6, 6.07) is 8.60. The van der Waals surface area contributed by atoms with E-state index in [0.717, 1.165) is 19.3 Å². The van der Waals surface area contributed by atoms with Crippen LogP contribution in [-0.4, -0.2) is 43.5 Å². The molecule has 0 saturated carbocycles. The molecule has 0 aromatic heterocycles. The molecule has 0 bridgehead atoms. The summed E-state index contributed by atoms with van der Waals surface area (Å²) in [6.45, 7) is 9.01. The number of amides is 1. The van der Waals surface area contributed by atoms with Gasteiger partial charge in [0.15, 0.2) is 0 Å². The molecular weight excluding hydrogens is 372 g/mol. The van der Waals surface area contributed by atoms with Crippen LogP contribution in [-0.2, 0) is 20.2 Å². The molecule has 1 unspecified atom stereocenters. The molecule has 1 fully saturated rings. The Morgan fingerprint density at radius 1 is 1.18 bits per heavy atom. The monoisotopic (exact) mass is 406 g/mol. The first-order valence-electron chi connectivity index (χ1n) is 10.5. The third-order valence-corrected chi connectivity index (χ3v) is 8.35. The molecule has 2 aliphatic rings. The fourth-order valence-corrected chi connectivity index (χ4v) is 6.80. The van der Waals surface area contributed by atoms with E-state index in [1.165, 1.54) is 11.1 Å². The van der Waals surface area contributed by atoms with Gasteiger partial charge in [-0.2, -0.15) is 0 Å². The highest BCUT2D eigenvalue weighted by Crippen LogP contribution is 2.52. The minimum Gasteiger partial charge on any atom is -0.354 e. The van der Waals surface area contributed by atoms with Crippen molar-refractivity contribution in [3.8, 4) is 0 Å². The van der Waals surface area contributed by atoms with Crippen molar-refractivity contribution in [2.75, 3.05) is 18.8 Å². The number of rotatable bonds is 6. The molecule has 1 saturated heterocycles. The minimum atomic E-state index is -3.18. The fraction of sp³-hybridized carbons (Fsp3) is 0.682.